The van der Waals surface area contributed by atoms with Gasteiger partial charge in [-0.3, -0.25) is 0 Å². The second-order valence-electron chi connectivity index (χ2n) is 5.24. The van der Waals surface area contributed by atoms with Crippen LogP contribution in [-0.2, 0) is 15.9 Å². The van der Waals surface area contributed by atoms with Crippen LogP contribution >= 0.6 is 0 Å². The predicted molar refractivity (Wildman–Crippen MR) is 84.1 cm³/mol. The van der Waals surface area contributed by atoms with Gasteiger partial charge >= 0.3 is 0 Å². The van der Waals surface area contributed by atoms with Crippen LogP contribution in [0.2, 0.25) is 0 Å². The third-order valence-corrected chi connectivity index (χ3v) is 3.49. The van der Waals surface area contributed by atoms with Crippen LogP contribution in [-0.4, -0.2) is 32.5 Å². The lowest BCUT2D eigenvalue weighted by atomic mass is 10.00. The summed E-state index contributed by atoms with van der Waals surface area (Å²) in [4.78, 5) is 0. The molecule has 1 N–H and O–H groups in total. The third kappa shape index (κ3) is 5.23. The van der Waals surface area contributed by atoms with Crippen molar-refractivity contribution < 1.29 is 9.47 Å². The first-order chi connectivity index (χ1) is 9.62. The molecule has 3 nitrogen and oxygen atoms in total. The molecular weight excluding hydrogens is 250 g/mol. The van der Waals surface area contributed by atoms with E-state index in [1.54, 1.807) is 7.11 Å². The fourth-order valence-electron chi connectivity index (χ4n) is 2.45. The summed E-state index contributed by atoms with van der Waals surface area (Å²) in [6.45, 7) is 10.0. The minimum absolute atomic E-state index is 0.103. The van der Waals surface area contributed by atoms with Crippen molar-refractivity contribution in [2.45, 2.75) is 52.4 Å². The van der Waals surface area contributed by atoms with Gasteiger partial charge in [-0.25, -0.2) is 0 Å². The predicted octanol–water partition coefficient (Wildman–Crippen LogP) is 3.34. The first-order valence-corrected chi connectivity index (χ1v) is 7.58. The Hall–Kier alpha value is -0.900. The molecule has 0 fully saturated rings. The molecule has 0 bridgehead atoms. The number of hydrogen-bond donors (Lipinski definition) is 1. The Bertz CT molecular complexity index is 364. The van der Waals surface area contributed by atoms with Crippen LogP contribution in [0, 0.1) is 0 Å². The largest absolute Gasteiger partial charge is 0.382 e. The number of ether oxygens (including phenoxy) is 2. The second-order valence-corrected chi connectivity index (χ2v) is 5.24. The van der Waals surface area contributed by atoms with Gasteiger partial charge in [-0.2, -0.15) is 0 Å². The molecule has 0 amide bonds. The fourth-order valence-corrected chi connectivity index (χ4v) is 2.45. The van der Waals surface area contributed by atoms with E-state index in [2.05, 4.69) is 50.4 Å². The highest BCUT2D eigenvalue weighted by atomic mass is 16.5. The number of hydrogen-bond acceptors (Lipinski definition) is 3. The van der Waals surface area contributed by atoms with Gasteiger partial charge in [-0.05, 0) is 37.9 Å². The Morgan fingerprint density at radius 2 is 1.75 bits per heavy atom. The number of rotatable bonds is 9. The zero-order valence-electron chi connectivity index (χ0n) is 13.5. The number of aryl methyl sites for hydroxylation is 1. The standard InChI is InChI=1S/C17H29NO2/c1-6-15-8-10-16(11-9-15)17(18-7-2)14(4)20-13(3)12-19-5/h8-11,13-14,17-18H,6-7,12H2,1-5H3. The van der Waals surface area contributed by atoms with E-state index in [0.717, 1.165) is 13.0 Å². The first kappa shape index (κ1) is 17.2. The van der Waals surface area contributed by atoms with Crippen LogP contribution in [0.5, 0.6) is 0 Å². The van der Waals surface area contributed by atoms with Crippen molar-refractivity contribution in [3.8, 4) is 0 Å². The third-order valence-electron chi connectivity index (χ3n) is 3.49. The van der Waals surface area contributed by atoms with E-state index >= 15 is 0 Å². The molecule has 3 unspecified atom stereocenters. The Labute approximate surface area is 123 Å². The van der Waals surface area contributed by atoms with E-state index in [9.17, 15) is 0 Å². The van der Waals surface area contributed by atoms with E-state index < -0.39 is 0 Å². The van der Waals surface area contributed by atoms with Gasteiger partial charge in [0.05, 0.1) is 24.9 Å². The summed E-state index contributed by atoms with van der Waals surface area (Å²) in [5, 5.41) is 3.52. The molecule has 1 aromatic rings. The lowest BCUT2D eigenvalue weighted by molar-refractivity contribution is -0.0455. The monoisotopic (exact) mass is 279 g/mol. The topological polar surface area (TPSA) is 30.5 Å². The van der Waals surface area contributed by atoms with Gasteiger partial charge in [0.1, 0.15) is 0 Å². The molecule has 1 rings (SSSR count). The average molecular weight is 279 g/mol. The smallest absolute Gasteiger partial charge is 0.0784 e. The lowest BCUT2D eigenvalue weighted by Gasteiger charge is -2.28. The molecule has 0 aliphatic rings. The van der Waals surface area contributed by atoms with Gasteiger partial charge in [-0.15, -0.1) is 0 Å². The van der Waals surface area contributed by atoms with E-state index in [4.69, 9.17) is 9.47 Å². The molecule has 3 atom stereocenters. The molecule has 114 valence electrons. The molecule has 0 aliphatic carbocycles. The van der Waals surface area contributed by atoms with Gasteiger partial charge < -0.3 is 14.8 Å². The van der Waals surface area contributed by atoms with E-state index in [1.807, 2.05) is 6.92 Å². The SMILES string of the molecule is CCNC(c1ccc(CC)cc1)C(C)OC(C)COC. The molecule has 0 radical (unpaired) electrons. The fraction of sp³-hybridized carbons (Fsp3) is 0.647. The van der Waals surface area contributed by atoms with Crippen molar-refractivity contribution in [2.24, 2.45) is 0 Å². The molecule has 0 aliphatic heterocycles. The van der Waals surface area contributed by atoms with Gasteiger partial charge in [0.15, 0.2) is 0 Å². The highest BCUT2D eigenvalue weighted by Gasteiger charge is 2.21. The number of likely N-dealkylation sites (N-methyl/N-ethyl adjacent to an activating group) is 1. The van der Waals surface area contributed by atoms with Gasteiger partial charge in [0.25, 0.3) is 0 Å². The van der Waals surface area contributed by atoms with Gasteiger partial charge in [0, 0.05) is 7.11 Å². The zero-order chi connectivity index (χ0) is 15.0. The maximum Gasteiger partial charge on any atom is 0.0784 e. The first-order valence-electron chi connectivity index (χ1n) is 7.58. The molecule has 1 aromatic carbocycles. The maximum atomic E-state index is 6.03. The van der Waals surface area contributed by atoms with Crippen molar-refractivity contribution in [3.05, 3.63) is 35.4 Å². The quantitative estimate of drug-likeness (QED) is 0.752. The summed E-state index contributed by atoms with van der Waals surface area (Å²) in [5.41, 5.74) is 2.64. The van der Waals surface area contributed by atoms with Crippen molar-refractivity contribution in [1.29, 1.82) is 0 Å². The van der Waals surface area contributed by atoms with Crippen molar-refractivity contribution >= 4 is 0 Å². The molecule has 0 saturated heterocycles. The molecule has 3 heteroatoms. The van der Waals surface area contributed by atoms with Crippen LogP contribution in [0.15, 0.2) is 24.3 Å². The zero-order valence-corrected chi connectivity index (χ0v) is 13.5. The van der Waals surface area contributed by atoms with Crippen LogP contribution in [0.4, 0.5) is 0 Å². The van der Waals surface area contributed by atoms with E-state index in [1.165, 1.54) is 11.1 Å². The lowest BCUT2D eigenvalue weighted by Crippen LogP contribution is -2.35. The van der Waals surface area contributed by atoms with Crippen LogP contribution in [0.3, 0.4) is 0 Å². The van der Waals surface area contributed by atoms with Crippen LogP contribution in [0.25, 0.3) is 0 Å². The Morgan fingerprint density at radius 1 is 1.10 bits per heavy atom. The Balaban J connectivity index is 2.75. The van der Waals surface area contributed by atoms with Crippen molar-refractivity contribution in [1.82, 2.24) is 5.32 Å². The van der Waals surface area contributed by atoms with Gasteiger partial charge in [0.2, 0.25) is 0 Å². The van der Waals surface area contributed by atoms with Gasteiger partial charge in [-0.1, -0.05) is 38.1 Å². The minimum atomic E-state index is 0.103. The Kier molecular flexibility index (Phi) is 7.82. The summed E-state index contributed by atoms with van der Waals surface area (Å²) < 4.78 is 11.2. The highest BCUT2D eigenvalue weighted by Crippen LogP contribution is 2.21. The minimum Gasteiger partial charge on any atom is -0.382 e. The molecule has 0 spiro atoms. The van der Waals surface area contributed by atoms with Crippen molar-refractivity contribution in [2.75, 3.05) is 20.3 Å². The molecule has 0 aromatic heterocycles. The molecule has 0 heterocycles. The summed E-state index contributed by atoms with van der Waals surface area (Å²) in [6, 6.07) is 9.01. The average Bonchev–Trinajstić information content (AvgIpc) is 2.45. The van der Waals surface area contributed by atoms with E-state index in [0.29, 0.717) is 6.61 Å². The normalized spacial score (nSPS) is 15.8. The summed E-state index contributed by atoms with van der Waals surface area (Å²) >= 11 is 0. The van der Waals surface area contributed by atoms with Crippen LogP contribution < -0.4 is 5.32 Å². The number of benzene rings is 1. The van der Waals surface area contributed by atoms with Crippen LogP contribution in [0.1, 0.15) is 44.9 Å². The number of nitrogens with one attached hydrogen (secondary N) is 1. The van der Waals surface area contributed by atoms with Crippen molar-refractivity contribution in [3.63, 3.8) is 0 Å². The summed E-state index contributed by atoms with van der Waals surface area (Å²) in [6.07, 6.45) is 1.28. The van der Waals surface area contributed by atoms with E-state index in [-0.39, 0.29) is 18.2 Å². The maximum absolute atomic E-state index is 6.03. The number of methoxy groups -OCH3 is 1. The molecule has 20 heavy (non-hydrogen) atoms. The Morgan fingerprint density at radius 3 is 2.25 bits per heavy atom. The summed E-state index contributed by atoms with van der Waals surface area (Å²) in [5.74, 6) is 0. The molecular formula is C17H29NO2. The second kappa shape index (κ2) is 9.11. The molecule has 0 saturated carbocycles. The summed E-state index contributed by atoms with van der Waals surface area (Å²) in [7, 11) is 1.70. The highest BCUT2D eigenvalue weighted by molar-refractivity contribution is 5.25.